The normalized spacial score (nSPS) is 20.1. The third kappa shape index (κ3) is 7.40. The molecular formula is C17H27ClIN3O2S. The fourth-order valence-corrected chi connectivity index (χ4v) is 4.01. The van der Waals surface area contributed by atoms with Crippen molar-refractivity contribution in [2.75, 3.05) is 38.2 Å². The quantitative estimate of drug-likeness (QED) is 0.306. The Labute approximate surface area is 176 Å². The number of thioether (sulfide) groups is 1. The van der Waals surface area contributed by atoms with Crippen molar-refractivity contribution in [2.45, 2.75) is 25.4 Å². The number of benzene rings is 1. The molecule has 3 N–H and O–H groups in total. The SMILES string of the molecule is CCNC(=NCC1(O)CCSC1)NCCc1ccc(OC)cc1Cl.I. The molecule has 1 fully saturated rings. The molecule has 1 saturated heterocycles. The van der Waals surface area contributed by atoms with Crippen LogP contribution in [0, 0.1) is 0 Å². The van der Waals surface area contributed by atoms with Crippen molar-refractivity contribution in [1.29, 1.82) is 0 Å². The summed E-state index contributed by atoms with van der Waals surface area (Å²) >= 11 is 8.04. The van der Waals surface area contributed by atoms with Gasteiger partial charge in [-0.25, -0.2) is 0 Å². The Morgan fingerprint density at radius 2 is 2.24 bits per heavy atom. The number of hydrogen-bond donors (Lipinski definition) is 3. The van der Waals surface area contributed by atoms with E-state index < -0.39 is 5.60 Å². The van der Waals surface area contributed by atoms with E-state index in [1.54, 1.807) is 18.9 Å². The molecule has 1 aromatic carbocycles. The topological polar surface area (TPSA) is 65.9 Å². The Hall–Kier alpha value is -0.380. The molecule has 1 atom stereocenters. The Kier molecular flexibility index (Phi) is 10.3. The number of ether oxygens (including phenoxy) is 1. The number of aliphatic hydroxyl groups is 1. The van der Waals surface area contributed by atoms with Crippen LogP contribution in [0.25, 0.3) is 0 Å². The van der Waals surface area contributed by atoms with E-state index in [1.807, 2.05) is 25.1 Å². The first-order valence-electron chi connectivity index (χ1n) is 8.21. The third-order valence-corrected chi connectivity index (χ3v) is 5.49. The van der Waals surface area contributed by atoms with Gasteiger partial charge in [-0.2, -0.15) is 11.8 Å². The van der Waals surface area contributed by atoms with Crippen LogP contribution in [-0.4, -0.2) is 54.9 Å². The molecule has 1 unspecified atom stereocenters. The fourth-order valence-electron chi connectivity index (χ4n) is 2.46. The van der Waals surface area contributed by atoms with Crippen LogP contribution in [0.3, 0.4) is 0 Å². The van der Waals surface area contributed by atoms with E-state index in [1.165, 1.54) is 0 Å². The van der Waals surface area contributed by atoms with Crippen molar-refractivity contribution in [3.05, 3.63) is 28.8 Å². The minimum Gasteiger partial charge on any atom is -0.497 e. The molecule has 1 aliphatic rings. The van der Waals surface area contributed by atoms with Gasteiger partial charge < -0.3 is 20.5 Å². The fraction of sp³-hybridized carbons (Fsp3) is 0.588. The van der Waals surface area contributed by atoms with Gasteiger partial charge in [-0.3, -0.25) is 4.99 Å². The molecule has 25 heavy (non-hydrogen) atoms. The number of rotatable bonds is 7. The molecular weight excluding hydrogens is 473 g/mol. The predicted molar refractivity (Wildman–Crippen MR) is 118 cm³/mol. The molecule has 0 amide bonds. The van der Waals surface area contributed by atoms with Crippen LogP contribution >= 0.6 is 47.3 Å². The van der Waals surface area contributed by atoms with Crippen LogP contribution in [-0.2, 0) is 6.42 Å². The number of nitrogens with one attached hydrogen (secondary N) is 2. The maximum Gasteiger partial charge on any atom is 0.191 e. The summed E-state index contributed by atoms with van der Waals surface area (Å²) in [5, 5.41) is 17.6. The summed E-state index contributed by atoms with van der Waals surface area (Å²) in [7, 11) is 1.63. The van der Waals surface area contributed by atoms with Gasteiger partial charge in [-0.1, -0.05) is 17.7 Å². The number of aliphatic imine (C=N–C) groups is 1. The average molecular weight is 500 g/mol. The van der Waals surface area contributed by atoms with Crippen molar-refractivity contribution in [2.24, 2.45) is 4.99 Å². The lowest BCUT2D eigenvalue weighted by Gasteiger charge is -2.20. The molecule has 5 nitrogen and oxygen atoms in total. The van der Waals surface area contributed by atoms with E-state index in [0.717, 1.165) is 48.2 Å². The van der Waals surface area contributed by atoms with Gasteiger partial charge in [0, 0.05) is 23.9 Å². The zero-order chi connectivity index (χ0) is 17.4. The summed E-state index contributed by atoms with van der Waals surface area (Å²) in [5.41, 5.74) is 0.401. The minimum absolute atomic E-state index is 0. The van der Waals surface area contributed by atoms with Gasteiger partial charge >= 0.3 is 0 Å². The monoisotopic (exact) mass is 499 g/mol. The average Bonchev–Trinajstić information content (AvgIpc) is 3.01. The lowest BCUT2D eigenvalue weighted by atomic mass is 10.1. The molecule has 0 aliphatic carbocycles. The van der Waals surface area contributed by atoms with E-state index in [-0.39, 0.29) is 24.0 Å². The van der Waals surface area contributed by atoms with Gasteiger partial charge in [0.25, 0.3) is 0 Å². The second kappa shape index (κ2) is 11.4. The standard InChI is InChI=1S/C17H26ClN3O2S.HI/c1-3-19-16(21-11-17(22)7-9-24-12-17)20-8-6-13-4-5-14(23-2)10-15(13)18;/h4-5,10,22H,3,6-9,11-12H2,1-2H3,(H2,19,20,21);1H. The number of nitrogens with zero attached hydrogens (tertiary/aromatic N) is 1. The molecule has 0 aromatic heterocycles. The highest BCUT2D eigenvalue weighted by atomic mass is 127. The molecule has 0 bridgehead atoms. The lowest BCUT2D eigenvalue weighted by molar-refractivity contribution is 0.0778. The zero-order valence-corrected chi connectivity index (χ0v) is 18.6. The Morgan fingerprint density at radius 1 is 1.44 bits per heavy atom. The third-order valence-electron chi connectivity index (χ3n) is 3.91. The van der Waals surface area contributed by atoms with Crippen molar-refractivity contribution in [1.82, 2.24) is 10.6 Å². The molecule has 0 saturated carbocycles. The maximum absolute atomic E-state index is 10.4. The van der Waals surface area contributed by atoms with E-state index in [4.69, 9.17) is 16.3 Å². The second-order valence-electron chi connectivity index (χ2n) is 5.86. The molecule has 0 radical (unpaired) electrons. The number of methoxy groups -OCH3 is 1. The number of guanidine groups is 1. The molecule has 0 spiro atoms. The largest absolute Gasteiger partial charge is 0.497 e. The smallest absolute Gasteiger partial charge is 0.191 e. The Balaban J connectivity index is 0.00000312. The lowest BCUT2D eigenvalue weighted by Crippen LogP contribution is -2.40. The van der Waals surface area contributed by atoms with E-state index in [9.17, 15) is 5.11 Å². The van der Waals surface area contributed by atoms with Crippen LogP contribution in [0.4, 0.5) is 0 Å². The summed E-state index contributed by atoms with van der Waals surface area (Å²) in [6.45, 7) is 3.95. The molecule has 2 rings (SSSR count). The van der Waals surface area contributed by atoms with Gasteiger partial charge in [-0.15, -0.1) is 24.0 Å². The van der Waals surface area contributed by atoms with Crippen molar-refractivity contribution < 1.29 is 9.84 Å². The Bertz CT molecular complexity index is 569. The van der Waals surface area contributed by atoms with Gasteiger partial charge in [0.1, 0.15) is 5.75 Å². The summed E-state index contributed by atoms with van der Waals surface area (Å²) in [5.74, 6) is 3.25. The maximum atomic E-state index is 10.4. The first kappa shape index (κ1) is 22.7. The molecule has 1 aromatic rings. The van der Waals surface area contributed by atoms with Gasteiger partial charge in [0.2, 0.25) is 0 Å². The van der Waals surface area contributed by atoms with Gasteiger partial charge in [0.05, 0.1) is 19.3 Å². The highest BCUT2D eigenvalue weighted by molar-refractivity contribution is 14.0. The predicted octanol–water partition coefficient (Wildman–Crippen LogP) is 2.93. The highest BCUT2D eigenvalue weighted by Crippen LogP contribution is 2.27. The Morgan fingerprint density at radius 3 is 2.84 bits per heavy atom. The number of halogens is 2. The van der Waals surface area contributed by atoms with E-state index in [0.29, 0.717) is 18.1 Å². The van der Waals surface area contributed by atoms with Crippen LogP contribution in [0.5, 0.6) is 5.75 Å². The van der Waals surface area contributed by atoms with Crippen molar-refractivity contribution in [3.8, 4) is 5.75 Å². The summed E-state index contributed by atoms with van der Waals surface area (Å²) in [6.07, 6.45) is 1.59. The molecule has 142 valence electrons. The van der Waals surface area contributed by atoms with Crippen molar-refractivity contribution in [3.63, 3.8) is 0 Å². The van der Waals surface area contributed by atoms with Crippen LogP contribution < -0.4 is 15.4 Å². The highest BCUT2D eigenvalue weighted by Gasteiger charge is 2.31. The zero-order valence-electron chi connectivity index (χ0n) is 14.7. The molecule has 8 heteroatoms. The second-order valence-corrected chi connectivity index (χ2v) is 7.37. The first-order chi connectivity index (χ1) is 11.6. The number of hydrogen-bond acceptors (Lipinski definition) is 4. The van der Waals surface area contributed by atoms with Crippen LogP contribution in [0.1, 0.15) is 18.9 Å². The summed E-state index contributed by atoms with van der Waals surface area (Å²) < 4.78 is 5.16. The first-order valence-corrected chi connectivity index (χ1v) is 9.74. The summed E-state index contributed by atoms with van der Waals surface area (Å²) in [4.78, 5) is 4.53. The van der Waals surface area contributed by atoms with Crippen molar-refractivity contribution >= 4 is 53.3 Å². The van der Waals surface area contributed by atoms with Gasteiger partial charge in [-0.05, 0) is 43.2 Å². The summed E-state index contributed by atoms with van der Waals surface area (Å²) in [6, 6.07) is 5.71. The van der Waals surface area contributed by atoms with Crippen LogP contribution in [0.2, 0.25) is 5.02 Å². The van der Waals surface area contributed by atoms with E-state index in [2.05, 4.69) is 15.6 Å². The van der Waals surface area contributed by atoms with Gasteiger partial charge in [0.15, 0.2) is 5.96 Å². The minimum atomic E-state index is -0.660. The molecule has 1 aliphatic heterocycles. The molecule has 1 heterocycles. The van der Waals surface area contributed by atoms with E-state index >= 15 is 0 Å². The van der Waals surface area contributed by atoms with Crippen LogP contribution in [0.15, 0.2) is 23.2 Å².